The Balaban J connectivity index is 1.77. The highest BCUT2D eigenvalue weighted by atomic mass is 16.5. The van der Waals surface area contributed by atoms with E-state index >= 15 is 0 Å². The number of rotatable bonds is 4. The molecule has 1 fully saturated rings. The third-order valence-electron chi connectivity index (χ3n) is 4.42. The van der Waals surface area contributed by atoms with Crippen LogP contribution in [0.2, 0.25) is 0 Å². The van der Waals surface area contributed by atoms with Crippen molar-refractivity contribution in [3.63, 3.8) is 0 Å². The van der Waals surface area contributed by atoms with Crippen LogP contribution in [0.25, 0.3) is 0 Å². The maximum absolute atomic E-state index is 12.8. The predicted octanol–water partition coefficient (Wildman–Crippen LogP) is 0.0351. The van der Waals surface area contributed by atoms with Crippen molar-refractivity contribution in [1.82, 2.24) is 10.2 Å². The Morgan fingerprint density at radius 2 is 2.30 bits per heavy atom. The SMILES string of the molecule is CCCNC(=O)C1CCCN1C(=O)c1ccc2c(c1)B(O)OC2. The number of carbonyl (C=O) groups is 2. The maximum atomic E-state index is 12.8. The minimum absolute atomic E-state index is 0.0813. The Labute approximate surface area is 136 Å². The molecule has 6 nitrogen and oxygen atoms in total. The first-order chi connectivity index (χ1) is 11.1. The Morgan fingerprint density at radius 3 is 3.09 bits per heavy atom. The molecule has 2 amide bonds. The molecule has 1 saturated heterocycles. The van der Waals surface area contributed by atoms with Gasteiger partial charge in [-0.1, -0.05) is 13.0 Å². The first-order valence-electron chi connectivity index (χ1n) is 8.13. The summed E-state index contributed by atoms with van der Waals surface area (Å²) in [5.74, 6) is -0.247. The van der Waals surface area contributed by atoms with Gasteiger partial charge in [-0.25, -0.2) is 0 Å². The molecule has 2 N–H and O–H groups in total. The summed E-state index contributed by atoms with van der Waals surface area (Å²) >= 11 is 0. The number of carbonyl (C=O) groups excluding carboxylic acids is 2. The van der Waals surface area contributed by atoms with Crippen LogP contribution in [-0.4, -0.2) is 48.0 Å². The molecule has 2 aliphatic heterocycles. The van der Waals surface area contributed by atoms with Gasteiger partial charge in [0.1, 0.15) is 6.04 Å². The van der Waals surface area contributed by atoms with Crippen LogP contribution in [0.5, 0.6) is 0 Å². The number of hydrogen-bond acceptors (Lipinski definition) is 4. The van der Waals surface area contributed by atoms with Crippen molar-refractivity contribution in [2.24, 2.45) is 0 Å². The largest absolute Gasteiger partial charge is 0.491 e. The standard InChI is InChI=1S/C16H21BN2O4/c1-2-7-18-15(20)14-4-3-8-19(14)16(21)11-5-6-12-10-23-17(22)13(12)9-11/h5-6,9,14,22H,2-4,7-8,10H2,1H3,(H,18,20). The summed E-state index contributed by atoms with van der Waals surface area (Å²) < 4.78 is 5.15. The van der Waals surface area contributed by atoms with Gasteiger partial charge in [0.15, 0.2) is 0 Å². The van der Waals surface area contributed by atoms with E-state index in [1.165, 1.54) is 0 Å². The highest BCUT2D eigenvalue weighted by Crippen LogP contribution is 2.21. The normalized spacial score (nSPS) is 19.8. The average Bonchev–Trinajstić information content (AvgIpc) is 3.19. The summed E-state index contributed by atoms with van der Waals surface area (Å²) in [7, 11) is -0.972. The molecule has 0 saturated carbocycles. The van der Waals surface area contributed by atoms with Crippen molar-refractivity contribution >= 4 is 24.4 Å². The zero-order valence-electron chi connectivity index (χ0n) is 13.2. The number of fused-ring (bicyclic) bond motifs is 1. The Hall–Kier alpha value is -1.86. The predicted molar refractivity (Wildman–Crippen MR) is 86.2 cm³/mol. The molecule has 0 aliphatic carbocycles. The van der Waals surface area contributed by atoms with Crippen molar-refractivity contribution < 1.29 is 19.3 Å². The second-order valence-corrected chi connectivity index (χ2v) is 6.02. The van der Waals surface area contributed by atoms with Gasteiger partial charge in [0, 0.05) is 18.7 Å². The van der Waals surface area contributed by atoms with Crippen LogP contribution in [0.15, 0.2) is 18.2 Å². The van der Waals surface area contributed by atoms with Crippen LogP contribution in [0.3, 0.4) is 0 Å². The minimum atomic E-state index is -0.972. The van der Waals surface area contributed by atoms with E-state index in [-0.39, 0.29) is 11.8 Å². The lowest BCUT2D eigenvalue weighted by Crippen LogP contribution is -2.46. The number of amides is 2. The summed E-state index contributed by atoms with van der Waals surface area (Å²) in [5, 5.41) is 12.6. The summed E-state index contributed by atoms with van der Waals surface area (Å²) in [5.41, 5.74) is 2.03. The molecule has 1 aromatic carbocycles. The van der Waals surface area contributed by atoms with Gasteiger partial charge >= 0.3 is 7.12 Å². The molecule has 1 atom stereocenters. The number of nitrogens with zero attached hydrogens (tertiary/aromatic N) is 1. The molecule has 0 radical (unpaired) electrons. The van der Waals surface area contributed by atoms with Gasteiger partial charge in [-0.15, -0.1) is 0 Å². The lowest BCUT2D eigenvalue weighted by Gasteiger charge is -2.24. The second-order valence-electron chi connectivity index (χ2n) is 6.02. The lowest BCUT2D eigenvalue weighted by molar-refractivity contribution is -0.124. The first-order valence-corrected chi connectivity index (χ1v) is 8.13. The van der Waals surface area contributed by atoms with Crippen LogP contribution in [0, 0.1) is 0 Å². The van der Waals surface area contributed by atoms with Crippen molar-refractivity contribution in [3.05, 3.63) is 29.3 Å². The number of nitrogens with one attached hydrogen (secondary N) is 1. The van der Waals surface area contributed by atoms with E-state index in [4.69, 9.17) is 4.65 Å². The van der Waals surface area contributed by atoms with E-state index in [2.05, 4.69) is 5.32 Å². The molecular weight excluding hydrogens is 295 g/mol. The monoisotopic (exact) mass is 316 g/mol. The molecule has 0 spiro atoms. The molecule has 7 heteroatoms. The minimum Gasteiger partial charge on any atom is -0.423 e. The molecule has 1 aromatic rings. The van der Waals surface area contributed by atoms with Gasteiger partial charge in [0.2, 0.25) is 5.91 Å². The molecule has 1 unspecified atom stereocenters. The van der Waals surface area contributed by atoms with E-state index in [1.807, 2.05) is 6.92 Å². The van der Waals surface area contributed by atoms with Crippen LogP contribution >= 0.6 is 0 Å². The van der Waals surface area contributed by atoms with E-state index < -0.39 is 13.2 Å². The molecule has 23 heavy (non-hydrogen) atoms. The average molecular weight is 316 g/mol. The zero-order chi connectivity index (χ0) is 16.4. The van der Waals surface area contributed by atoms with Crippen LogP contribution in [0.4, 0.5) is 0 Å². The summed E-state index contributed by atoms with van der Waals surface area (Å²) in [6, 6.07) is 4.82. The Kier molecular flexibility index (Phi) is 4.68. The fourth-order valence-electron chi connectivity index (χ4n) is 3.16. The fraction of sp³-hybridized carbons (Fsp3) is 0.500. The Bertz CT molecular complexity index is 622. The maximum Gasteiger partial charge on any atom is 0.491 e. The Morgan fingerprint density at radius 1 is 1.48 bits per heavy atom. The first kappa shape index (κ1) is 16.0. The number of hydrogen-bond donors (Lipinski definition) is 2. The van der Waals surface area contributed by atoms with E-state index in [1.54, 1.807) is 23.1 Å². The molecule has 2 aliphatic rings. The second kappa shape index (κ2) is 6.72. The fourth-order valence-corrected chi connectivity index (χ4v) is 3.16. The summed E-state index contributed by atoms with van der Waals surface area (Å²) in [4.78, 5) is 26.6. The van der Waals surface area contributed by atoms with Gasteiger partial charge in [0.25, 0.3) is 5.91 Å². The molecule has 3 rings (SSSR count). The van der Waals surface area contributed by atoms with Gasteiger partial charge < -0.3 is 19.9 Å². The van der Waals surface area contributed by atoms with E-state index in [0.29, 0.717) is 37.1 Å². The molecule has 2 heterocycles. The van der Waals surface area contributed by atoms with Gasteiger partial charge in [-0.05, 0) is 42.4 Å². The summed E-state index contributed by atoms with van der Waals surface area (Å²) in [6.07, 6.45) is 2.39. The van der Waals surface area contributed by atoms with Crippen molar-refractivity contribution in [2.45, 2.75) is 38.8 Å². The zero-order valence-corrected chi connectivity index (χ0v) is 13.2. The topological polar surface area (TPSA) is 78.9 Å². The summed E-state index contributed by atoms with van der Waals surface area (Å²) in [6.45, 7) is 3.56. The van der Waals surface area contributed by atoms with Gasteiger partial charge in [0.05, 0.1) is 6.61 Å². The molecule has 122 valence electrons. The van der Waals surface area contributed by atoms with Crippen LogP contribution in [-0.2, 0) is 16.1 Å². The van der Waals surface area contributed by atoms with Crippen LogP contribution < -0.4 is 10.8 Å². The quantitative estimate of drug-likeness (QED) is 0.769. The van der Waals surface area contributed by atoms with Crippen molar-refractivity contribution in [2.75, 3.05) is 13.1 Å². The van der Waals surface area contributed by atoms with Crippen LogP contribution in [0.1, 0.15) is 42.1 Å². The lowest BCUT2D eigenvalue weighted by atomic mass is 9.78. The third kappa shape index (κ3) is 3.11. The van der Waals surface area contributed by atoms with Crippen molar-refractivity contribution in [3.8, 4) is 0 Å². The smallest absolute Gasteiger partial charge is 0.423 e. The molecule has 0 aromatic heterocycles. The van der Waals surface area contributed by atoms with Gasteiger partial charge in [-0.2, -0.15) is 0 Å². The third-order valence-corrected chi connectivity index (χ3v) is 4.42. The molecule has 0 bridgehead atoms. The van der Waals surface area contributed by atoms with Gasteiger partial charge in [-0.3, -0.25) is 9.59 Å². The number of benzene rings is 1. The van der Waals surface area contributed by atoms with E-state index in [0.717, 1.165) is 18.4 Å². The van der Waals surface area contributed by atoms with Crippen molar-refractivity contribution in [1.29, 1.82) is 0 Å². The van der Waals surface area contributed by atoms with E-state index in [9.17, 15) is 14.6 Å². The molecular formula is C16H21BN2O4. The highest BCUT2D eigenvalue weighted by molar-refractivity contribution is 6.61. The highest BCUT2D eigenvalue weighted by Gasteiger charge is 2.35. The number of likely N-dealkylation sites (tertiary alicyclic amines) is 1.